The number of nitrogens with two attached hydrogens (primary N) is 1. The molecule has 1 atom stereocenters. The zero-order valence-corrected chi connectivity index (χ0v) is 12.7. The number of piperidine rings is 1. The maximum Gasteiger partial charge on any atom is 0.150 e. The van der Waals surface area contributed by atoms with Crippen LogP contribution in [0, 0.1) is 0 Å². The van der Waals surface area contributed by atoms with Gasteiger partial charge in [0.05, 0.1) is 11.4 Å². The number of nitrogen functional groups attached to an aromatic ring is 1. The SMILES string of the molecule is CCCc1nn(C)c(N(C)C2CCCN(C)C2)c1N. The van der Waals surface area contributed by atoms with Crippen molar-refractivity contribution in [3.63, 3.8) is 0 Å². The van der Waals surface area contributed by atoms with E-state index in [0.717, 1.165) is 36.6 Å². The van der Waals surface area contributed by atoms with E-state index in [1.54, 1.807) is 0 Å². The molecule has 0 aromatic carbocycles. The zero-order valence-electron chi connectivity index (χ0n) is 12.7. The van der Waals surface area contributed by atoms with Gasteiger partial charge in [-0.1, -0.05) is 13.3 Å². The molecule has 1 aliphatic heterocycles. The summed E-state index contributed by atoms with van der Waals surface area (Å²) in [5.74, 6) is 1.07. The molecule has 2 N–H and O–H groups in total. The van der Waals surface area contributed by atoms with Crippen molar-refractivity contribution in [2.45, 2.75) is 38.6 Å². The van der Waals surface area contributed by atoms with Crippen LogP contribution in [0.15, 0.2) is 0 Å². The summed E-state index contributed by atoms with van der Waals surface area (Å²) in [5.41, 5.74) is 8.19. The molecular weight excluding hydrogens is 238 g/mol. The first-order chi connectivity index (χ1) is 9.04. The third-order valence-electron chi connectivity index (χ3n) is 4.10. The molecule has 0 spiro atoms. The van der Waals surface area contributed by atoms with E-state index in [2.05, 4.69) is 35.9 Å². The van der Waals surface area contributed by atoms with Crippen molar-refractivity contribution in [2.24, 2.45) is 7.05 Å². The minimum absolute atomic E-state index is 0.533. The first kappa shape index (κ1) is 14.2. The molecule has 1 aliphatic rings. The first-order valence-corrected chi connectivity index (χ1v) is 7.27. The van der Waals surface area contributed by atoms with E-state index in [-0.39, 0.29) is 0 Å². The van der Waals surface area contributed by atoms with Gasteiger partial charge in [0.1, 0.15) is 5.82 Å². The van der Waals surface area contributed by atoms with Crippen molar-refractivity contribution in [1.29, 1.82) is 0 Å². The highest BCUT2D eigenvalue weighted by atomic mass is 15.4. The molecule has 1 saturated heterocycles. The van der Waals surface area contributed by atoms with Crippen LogP contribution in [0.5, 0.6) is 0 Å². The smallest absolute Gasteiger partial charge is 0.150 e. The normalized spacial score (nSPS) is 20.7. The monoisotopic (exact) mass is 265 g/mol. The highest BCUT2D eigenvalue weighted by molar-refractivity contribution is 5.66. The van der Waals surface area contributed by atoms with Crippen molar-refractivity contribution in [3.8, 4) is 0 Å². The molecule has 2 heterocycles. The molecule has 1 aromatic heterocycles. The van der Waals surface area contributed by atoms with Gasteiger partial charge in [-0.2, -0.15) is 5.10 Å². The van der Waals surface area contributed by atoms with Crippen LogP contribution in [-0.4, -0.2) is 47.9 Å². The number of anilines is 2. The minimum atomic E-state index is 0.533. The lowest BCUT2D eigenvalue weighted by Gasteiger charge is -2.37. The van der Waals surface area contributed by atoms with Gasteiger partial charge in [-0.3, -0.25) is 4.68 Å². The summed E-state index contributed by atoms with van der Waals surface area (Å²) in [7, 11) is 6.33. The molecule has 0 amide bonds. The number of hydrogen-bond donors (Lipinski definition) is 1. The van der Waals surface area contributed by atoms with E-state index in [4.69, 9.17) is 5.73 Å². The van der Waals surface area contributed by atoms with Gasteiger partial charge in [0, 0.05) is 26.7 Å². The number of likely N-dealkylation sites (N-methyl/N-ethyl adjacent to an activating group) is 2. The molecule has 108 valence electrons. The molecule has 5 nitrogen and oxygen atoms in total. The van der Waals surface area contributed by atoms with E-state index in [0.29, 0.717) is 6.04 Å². The van der Waals surface area contributed by atoms with Crippen LogP contribution in [0.2, 0.25) is 0 Å². The Morgan fingerprint density at radius 3 is 2.79 bits per heavy atom. The van der Waals surface area contributed by atoms with Gasteiger partial charge in [0.2, 0.25) is 0 Å². The van der Waals surface area contributed by atoms with Crippen molar-refractivity contribution in [2.75, 3.05) is 37.8 Å². The number of hydrogen-bond acceptors (Lipinski definition) is 4. The van der Waals surface area contributed by atoms with Gasteiger partial charge >= 0.3 is 0 Å². The summed E-state index contributed by atoms with van der Waals surface area (Å²) >= 11 is 0. The minimum Gasteiger partial charge on any atom is -0.394 e. The molecule has 0 saturated carbocycles. The van der Waals surface area contributed by atoms with Gasteiger partial charge in [-0.25, -0.2) is 0 Å². The molecule has 0 radical (unpaired) electrons. The average Bonchev–Trinajstić information content (AvgIpc) is 2.64. The predicted octanol–water partition coefficient (Wildman–Crippen LogP) is 1.49. The van der Waals surface area contributed by atoms with Gasteiger partial charge in [-0.15, -0.1) is 0 Å². The maximum atomic E-state index is 6.29. The molecule has 5 heteroatoms. The van der Waals surface area contributed by atoms with E-state index in [1.165, 1.54) is 19.4 Å². The molecule has 1 fully saturated rings. The van der Waals surface area contributed by atoms with E-state index < -0.39 is 0 Å². The Kier molecular flexibility index (Phi) is 4.34. The standard InChI is InChI=1S/C14H27N5/c1-5-7-12-13(15)14(19(4)16-12)18(3)11-8-6-9-17(2)10-11/h11H,5-10,15H2,1-4H3. The quantitative estimate of drug-likeness (QED) is 0.896. The van der Waals surface area contributed by atoms with Crippen LogP contribution in [0.3, 0.4) is 0 Å². The van der Waals surface area contributed by atoms with Crippen molar-refractivity contribution in [1.82, 2.24) is 14.7 Å². The zero-order chi connectivity index (χ0) is 14.0. The average molecular weight is 265 g/mol. The summed E-state index contributed by atoms with van der Waals surface area (Å²) in [6.07, 6.45) is 4.52. The fourth-order valence-electron chi connectivity index (χ4n) is 3.05. The molecule has 2 rings (SSSR count). The number of aromatic nitrogens is 2. The third-order valence-corrected chi connectivity index (χ3v) is 4.10. The molecule has 1 unspecified atom stereocenters. The molecule has 0 bridgehead atoms. The second kappa shape index (κ2) is 5.82. The number of rotatable bonds is 4. The molecule has 19 heavy (non-hydrogen) atoms. The predicted molar refractivity (Wildman–Crippen MR) is 80.5 cm³/mol. The van der Waals surface area contributed by atoms with Crippen LogP contribution in [0.25, 0.3) is 0 Å². The maximum absolute atomic E-state index is 6.29. The molecule has 1 aromatic rings. The lowest BCUT2D eigenvalue weighted by Crippen LogP contribution is -2.45. The summed E-state index contributed by atoms with van der Waals surface area (Å²) < 4.78 is 1.94. The highest BCUT2D eigenvalue weighted by Crippen LogP contribution is 2.29. The summed E-state index contributed by atoms with van der Waals surface area (Å²) in [4.78, 5) is 4.71. The Morgan fingerprint density at radius 2 is 2.16 bits per heavy atom. The van der Waals surface area contributed by atoms with Crippen LogP contribution < -0.4 is 10.6 Å². The summed E-state index contributed by atoms with van der Waals surface area (Å²) in [6, 6.07) is 0.533. The Bertz CT molecular complexity index is 426. The van der Waals surface area contributed by atoms with Gasteiger partial charge < -0.3 is 15.5 Å². The summed E-state index contributed by atoms with van der Waals surface area (Å²) in [6.45, 7) is 4.46. The van der Waals surface area contributed by atoms with Gasteiger partial charge in [-0.05, 0) is 32.9 Å². The first-order valence-electron chi connectivity index (χ1n) is 7.27. The Labute approximate surface area is 116 Å². The topological polar surface area (TPSA) is 50.3 Å². The number of aryl methyl sites for hydroxylation is 2. The van der Waals surface area contributed by atoms with E-state index in [1.807, 2.05) is 11.7 Å². The summed E-state index contributed by atoms with van der Waals surface area (Å²) in [5, 5.41) is 4.57. The van der Waals surface area contributed by atoms with Gasteiger partial charge in [0.15, 0.2) is 0 Å². The lowest BCUT2D eigenvalue weighted by molar-refractivity contribution is 0.247. The van der Waals surface area contributed by atoms with Crippen LogP contribution in [0.4, 0.5) is 11.5 Å². The van der Waals surface area contributed by atoms with Crippen LogP contribution in [0.1, 0.15) is 31.9 Å². The van der Waals surface area contributed by atoms with Crippen molar-refractivity contribution < 1.29 is 0 Å². The lowest BCUT2D eigenvalue weighted by atomic mass is 10.0. The fourth-order valence-corrected chi connectivity index (χ4v) is 3.05. The van der Waals surface area contributed by atoms with E-state index in [9.17, 15) is 0 Å². The van der Waals surface area contributed by atoms with Gasteiger partial charge in [0.25, 0.3) is 0 Å². The Balaban J connectivity index is 2.20. The molecular formula is C14H27N5. The fraction of sp³-hybridized carbons (Fsp3) is 0.786. The number of likely N-dealkylation sites (tertiary alicyclic amines) is 1. The number of nitrogens with zero attached hydrogens (tertiary/aromatic N) is 4. The Morgan fingerprint density at radius 1 is 1.42 bits per heavy atom. The second-order valence-electron chi connectivity index (χ2n) is 5.73. The van der Waals surface area contributed by atoms with Crippen LogP contribution in [-0.2, 0) is 13.5 Å². The van der Waals surface area contributed by atoms with Crippen LogP contribution >= 0.6 is 0 Å². The molecule has 0 aliphatic carbocycles. The third kappa shape index (κ3) is 2.86. The highest BCUT2D eigenvalue weighted by Gasteiger charge is 2.25. The van der Waals surface area contributed by atoms with Crippen molar-refractivity contribution >= 4 is 11.5 Å². The largest absolute Gasteiger partial charge is 0.394 e. The van der Waals surface area contributed by atoms with Crippen molar-refractivity contribution in [3.05, 3.63) is 5.69 Å². The van der Waals surface area contributed by atoms with E-state index >= 15 is 0 Å². The Hall–Kier alpha value is -1.23. The second-order valence-corrected chi connectivity index (χ2v) is 5.73.